The summed E-state index contributed by atoms with van der Waals surface area (Å²) in [6.07, 6.45) is 0. The highest BCUT2D eigenvalue weighted by Crippen LogP contribution is 2.24. The molecule has 1 heterocycles. The van der Waals surface area contributed by atoms with Crippen molar-refractivity contribution in [2.45, 2.75) is 45.7 Å². The fourth-order valence-electron chi connectivity index (χ4n) is 2.83. The first-order chi connectivity index (χ1) is 13.7. The Labute approximate surface area is 168 Å². The number of hydrogen-bond donors (Lipinski definition) is 1. The van der Waals surface area contributed by atoms with Crippen LogP contribution in [0.15, 0.2) is 49.0 Å². The molecule has 11 heteroatoms. The maximum absolute atomic E-state index is 12.5. The number of nitrogens with zero attached hydrogens (tertiary/aromatic N) is 5. The zero-order valence-corrected chi connectivity index (χ0v) is 17.7. The molecule has 0 amide bonds. The summed E-state index contributed by atoms with van der Waals surface area (Å²) < 4.78 is 28.3. The molecule has 0 atom stereocenters. The van der Waals surface area contributed by atoms with Crippen LogP contribution in [0, 0.1) is 0 Å². The lowest BCUT2D eigenvalue weighted by molar-refractivity contribution is 0.397. The fourth-order valence-corrected chi connectivity index (χ4v) is 4.29. The molecule has 0 spiro atoms. The maximum atomic E-state index is 12.5. The summed E-state index contributed by atoms with van der Waals surface area (Å²) in [7, 11) is -3.59. The molecule has 158 valence electrons. The van der Waals surface area contributed by atoms with Gasteiger partial charge in [-0.15, -0.1) is 5.11 Å². The highest BCUT2D eigenvalue weighted by Gasteiger charge is 2.21. The Hall–Kier alpha value is -2.79. The third-order valence-corrected chi connectivity index (χ3v) is 6.52. The molecule has 1 aromatic heterocycles. The van der Waals surface area contributed by atoms with E-state index in [1.165, 1.54) is 28.6 Å². The van der Waals surface area contributed by atoms with Gasteiger partial charge in [0, 0.05) is 26.2 Å². The molecular weight excluding hydrogens is 398 g/mol. The van der Waals surface area contributed by atoms with Crippen LogP contribution < -0.4 is 11.2 Å². The minimum Gasteiger partial charge on any atom is -0.493 e. The van der Waals surface area contributed by atoms with E-state index in [4.69, 9.17) is 0 Å². The van der Waals surface area contributed by atoms with Gasteiger partial charge in [-0.1, -0.05) is 13.8 Å². The van der Waals surface area contributed by atoms with Gasteiger partial charge < -0.3 is 5.11 Å². The number of hydrogen-bond acceptors (Lipinski definition) is 7. The van der Waals surface area contributed by atoms with Gasteiger partial charge in [-0.25, -0.2) is 13.2 Å². The molecule has 1 N–H and O–H groups in total. The van der Waals surface area contributed by atoms with Crippen LogP contribution in [0.5, 0.6) is 5.88 Å². The van der Waals surface area contributed by atoms with Crippen LogP contribution in [0.25, 0.3) is 0 Å². The van der Waals surface area contributed by atoms with Crippen LogP contribution in [0.3, 0.4) is 0 Å². The van der Waals surface area contributed by atoms with E-state index >= 15 is 0 Å². The Morgan fingerprint density at radius 1 is 0.931 bits per heavy atom. The van der Waals surface area contributed by atoms with E-state index in [2.05, 4.69) is 10.2 Å². The van der Waals surface area contributed by atoms with Gasteiger partial charge in [0.1, 0.15) is 0 Å². The number of azo groups is 1. The van der Waals surface area contributed by atoms with Gasteiger partial charge >= 0.3 is 5.69 Å². The zero-order valence-electron chi connectivity index (χ0n) is 16.9. The highest BCUT2D eigenvalue weighted by atomic mass is 32.2. The van der Waals surface area contributed by atoms with Gasteiger partial charge in [-0.2, -0.15) is 9.42 Å². The lowest BCUT2D eigenvalue weighted by Gasteiger charge is -2.18. The predicted octanol–water partition coefficient (Wildman–Crippen LogP) is 2.20. The van der Waals surface area contributed by atoms with Crippen molar-refractivity contribution in [1.29, 1.82) is 0 Å². The minimum absolute atomic E-state index is 0.121. The molecule has 0 fully saturated rings. The first kappa shape index (κ1) is 22.5. The second-order valence-electron chi connectivity index (χ2n) is 6.03. The highest BCUT2D eigenvalue weighted by molar-refractivity contribution is 7.89. The summed E-state index contributed by atoms with van der Waals surface area (Å²) in [6.45, 7) is 7.80. The first-order valence-corrected chi connectivity index (χ1v) is 10.7. The molecule has 0 aliphatic heterocycles. The zero-order chi connectivity index (χ0) is 21.8. The lowest BCUT2D eigenvalue weighted by atomic mass is 10.3. The van der Waals surface area contributed by atoms with Crippen LogP contribution in [0.1, 0.15) is 27.7 Å². The molecule has 0 aliphatic carbocycles. The lowest BCUT2D eigenvalue weighted by Crippen LogP contribution is -2.38. The van der Waals surface area contributed by atoms with Gasteiger partial charge in [-0.05, 0) is 38.1 Å². The molecule has 29 heavy (non-hydrogen) atoms. The maximum Gasteiger partial charge on any atom is 0.333 e. The first-order valence-electron chi connectivity index (χ1n) is 9.31. The van der Waals surface area contributed by atoms with Crippen LogP contribution in [0.2, 0.25) is 0 Å². The van der Waals surface area contributed by atoms with E-state index in [0.29, 0.717) is 18.8 Å². The summed E-state index contributed by atoms with van der Waals surface area (Å²) in [5.74, 6) is -0.559. The summed E-state index contributed by atoms with van der Waals surface area (Å²) >= 11 is 0. The van der Waals surface area contributed by atoms with Gasteiger partial charge in [0.25, 0.3) is 5.56 Å². The van der Waals surface area contributed by atoms with E-state index in [9.17, 15) is 23.1 Å². The van der Waals surface area contributed by atoms with Crippen molar-refractivity contribution in [3.63, 3.8) is 0 Å². The second-order valence-corrected chi connectivity index (χ2v) is 7.97. The summed E-state index contributed by atoms with van der Waals surface area (Å²) in [4.78, 5) is 24.7. The van der Waals surface area contributed by atoms with Crippen molar-refractivity contribution >= 4 is 21.4 Å². The summed E-state index contributed by atoms with van der Waals surface area (Å²) in [5.41, 5.74) is -1.43. The standard InChI is InChI=1S/C18H25N5O5S/c1-5-21(6-2)29(27,28)14-11-9-13(10-12-14)19-20-15-16(24)22(7-3)18(26)23(8-4)17(15)25/h9-12,24H,5-8H2,1-4H3. The van der Waals surface area contributed by atoms with Crippen molar-refractivity contribution < 1.29 is 13.5 Å². The fraction of sp³-hybridized carbons (Fsp3) is 0.444. The van der Waals surface area contributed by atoms with Crippen molar-refractivity contribution in [2.75, 3.05) is 13.1 Å². The molecule has 1 aromatic carbocycles. The third kappa shape index (κ3) is 4.30. The average molecular weight is 423 g/mol. The Balaban J connectivity index is 2.44. The molecule has 0 unspecified atom stereocenters. The van der Waals surface area contributed by atoms with E-state index in [0.717, 1.165) is 9.13 Å². The molecular formula is C18H25N5O5S. The Morgan fingerprint density at radius 3 is 1.97 bits per heavy atom. The summed E-state index contributed by atoms with van der Waals surface area (Å²) in [6, 6.07) is 5.70. The van der Waals surface area contributed by atoms with Crippen LogP contribution in [-0.2, 0) is 23.1 Å². The van der Waals surface area contributed by atoms with Crippen molar-refractivity contribution in [2.24, 2.45) is 10.2 Å². The van der Waals surface area contributed by atoms with Gasteiger partial charge in [0.2, 0.25) is 21.6 Å². The monoisotopic (exact) mass is 423 g/mol. The van der Waals surface area contributed by atoms with Crippen molar-refractivity contribution in [1.82, 2.24) is 13.4 Å². The topological polar surface area (TPSA) is 126 Å². The molecule has 2 rings (SSSR count). The quantitative estimate of drug-likeness (QED) is 0.651. The second kappa shape index (κ2) is 9.14. The normalized spacial score (nSPS) is 12.2. The van der Waals surface area contributed by atoms with Crippen LogP contribution in [0.4, 0.5) is 11.4 Å². The third-order valence-electron chi connectivity index (χ3n) is 4.45. The number of aromatic hydroxyl groups is 1. The van der Waals surface area contributed by atoms with Crippen molar-refractivity contribution in [3.8, 4) is 5.88 Å². The molecule has 2 aromatic rings. The SMILES string of the molecule is CCN(CC)S(=O)(=O)c1ccc(N=Nc2c(O)n(CC)c(=O)n(CC)c2=O)cc1. The van der Waals surface area contributed by atoms with Crippen LogP contribution in [-0.4, -0.2) is 40.1 Å². The molecule has 0 saturated carbocycles. The molecule has 0 saturated heterocycles. The van der Waals surface area contributed by atoms with Gasteiger partial charge in [-0.3, -0.25) is 13.9 Å². The van der Waals surface area contributed by atoms with E-state index in [1.54, 1.807) is 27.7 Å². The molecule has 0 aliphatic rings. The number of aromatic nitrogens is 2. The number of benzene rings is 1. The van der Waals surface area contributed by atoms with Crippen molar-refractivity contribution in [3.05, 3.63) is 45.1 Å². The molecule has 0 bridgehead atoms. The number of sulfonamides is 1. The van der Waals surface area contributed by atoms with Gasteiger partial charge in [0.15, 0.2) is 0 Å². The van der Waals surface area contributed by atoms with E-state index in [1.807, 2.05) is 0 Å². The number of rotatable bonds is 8. The Kier molecular flexibility index (Phi) is 7.09. The molecule has 10 nitrogen and oxygen atoms in total. The minimum atomic E-state index is -3.59. The van der Waals surface area contributed by atoms with E-state index < -0.39 is 27.2 Å². The Bertz CT molecular complexity index is 1110. The predicted molar refractivity (Wildman–Crippen MR) is 109 cm³/mol. The van der Waals surface area contributed by atoms with Gasteiger partial charge in [0.05, 0.1) is 10.6 Å². The average Bonchev–Trinajstić information content (AvgIpc) is 2.69. The summed E-state index contributed by atoms with van der Waals surface area (Å²) in [5, 5.41) is 18.0. The molecule has 0 radical (unpaired) electrons. The van der Waals surface area contributed by atoms with E-state index in [-0.39, 0.29) is 23.7 Å². The smallest absolute Gasteiger partial charge is 0.333 e. The largest absolute Gasteiger partial charge is 0.493 e. The Morgan fingerprint density at radius 2 is 1.48 bits per heavy atom. The van der Waals surface area contributed by atoms with Crippen LogP contribution >= 0.6 is 0 Å².